The van der Waals surface area contributed by atoms with E-state index in [1.165, 1.54) is 42.4 Å². The van der Waals surface area contributed by atoms with Gasteiger partial charge in [0, 0.05) is 0 Å². The van der Waals surface area contributed by atoms with E-state index in [4.69, 9.17) is 0 Å². The van der Waals surface area contributed by atoms with Gasteiger partial charge < -0.3 is 0 Å². The van der Waals surface area contributed by atoms with Gasteiger partial charge >= 0.3 is 0 Å². The zero-order valence-corrected chi connectivity index (χ0v) is 12.4. The van der Waals surface area contributed by atoms with E-state index in [-0.39, 0.29) is 0 Å². The zero-order chi connectivity index (χ0) is 13.7. The first-order chi connectivity index (χ1) is 9.15. The molecule has 1 aliphatic carbocycles. The molecular formula is C19H24. The zero-order valence-electron chi connectivity index (χ0n) is 12.4. The summed E-state index contributed by atoms with van der Waals surface area (Å²) in [5.41, 5.74) is 7.22. The van der Waals surface area contributed by atoms with E-state index in [1.807, 2.05) is 0 Å². The smallest absolute Gasteiger partial charge is 0.0276 e. The minimum atomic E-state index is 1.30. The summed E-state index contributed by atoms with van der Waals surface area (Å²) in [6, 6.07) is 15.4. The van der Waals surface area contributed by atoms with E-state index >= 15 is 0 Å². The summed E-state index contributed by atoms with van der Waals surface area (Å²) in [5.74, 6) is 0. The fraction of sp³-hybridized carbons (Fsp3) is 0.368. The Kier molecular flexibility index (Phi) is 4.79. The summed E-state index contributed by atoms with van der Waals surface area (Å²) < 4.78 is 0. The fourth-order valence-electron chi connectivity index (χ4n) is 2.88. The number of fused-ring (bicyclic) bond motifs is 1. The third kappa shape index (κ3) is 4.24. The van der Waals surface area contributed by atoms with Crippen LogP contribution in [0, 0.1) is 20.8 Å². The number of rotatable bonds is 0. The molecule has 0 heteroatoms. The van der Waals surface area contributed by atoms with E-state index in [1.54, 1.807) is 11.1 Å². The fourth-order valence-corrected chi connectivity index (χ4v) is 2.88. The van der Waals surface area contributed by atoms with Gasteiger partial charge in [-0.3, -0.25) is 0 Å². The molecule has 0 aromatic heterocycles. The van der Waals surface area contributed by atoms with Crippen LogP contribution in [0.1, 0.15) is 40.7 Å². The topological polar surface area (TPSA) is 0 Å². The predicted octanol–water partition coefficient (Wildman–Crippen LogP) is 5.18. The van der Waals surface area contributed by atoms with Crippen LogP contribution in [0.15, 0.2) is 42.5 Å². The van der Waals surface area contributed by atoms with Gasteiger partial charge in [0.1, 0.15) is 0 Å². The standard InChI is InChI=1S/C10H12.C9H12/c1-2-6-10-8-4-3-7-9(10)5-1;1-7-4-8(2)6-9(3)5-7/h1-2,5-6H,3-4,7-8H2;4-6H,1-3H3. The first-order valence-corrected chi connectivity index (χ1v) is 7.27. The summed E-state index contributed by atoms with van der Waals surface area (Å²) in [6.07, 6.45) is 5.38. The number of hydrogen-bond donors (Lipinski definition) is 0. The van der Waals surface area contributed by atoms with Crippen molar-refractivity contribution in [1.82, 2.24) is 0 Å². The molecule has 0 fully saturated rings. The first kappa shape index (κ1) is 13.9. The second-order valence-electron chi connectivity index (χ2n) is 5.64. The van der Waals surface area contributed by atoms with Crippen molar-refractivity contribution in [3.63, 3.8) is 0 Å². The molecule has 0 bridgehead atoms. The van der Waals surface area contributed by atoms with Crippen LogP contribution in [0.2, 0.25) is 0 Å². The van der Waals surface area contributed by atoms with E-state index in [0.29, 0.717) is 0 Å². The van der Waals surface area contributed by atoms with Crippen molar-refractivity contribution in [2.75, 3.05) is 0 Å². The highest BCUT2D eigenvalue weighted by Gasteiger charge is 2.05. The Morgan fingerprint density at radius 2 is 1.00 bits per heavy atom. The van der Waals surface area contributed by atoms with Crippen molar-refractivity contribution >= 4 is 0 Å². The van der Waals surface area contributed by atoms with Crippen LogP contribution < -0.4 is 0 Å². The lowest BCUT2D eigenvalue weighted by Gasteiger charge is -2.13. The molecule has 0 saturated carbocycles. The molecule has 0 unspecified atom stereocenters. The Bertz CT molecular complexity index is 462. The third-order valence-electron chi connectivity index (χ3n) is 3.63. The summed E-state index contributed by atoms with van der Waals surface area (Å²) >= 11 is 0. The van der Waals surface area contributed by atoms with E-state index in [0.717, 1.165) is 0 Å². The van der Waals surface area contributed by atoms with Crippen molar-refractivity contribution < 1.29 is 0 Å². The molecule has 0 radical (unpaired) electrons. The first-order valence-electron chi connectivity index (χ1n) is 7.27. The van der Waals surface area contributed by atoms with Gasteiger partial charge in [0.2, 0.25) is 0 Å². The molecule has 0 nitrogen and oxygen atoms in total. The maximum atomic E-state index is 2.26. The maximum Gasteiger partial charge on any atom is -0.0276 e. The Labute approximate surface area is 117 Å². The monoisotopic (exact) mass is 252 g/mol. The van der Waals surface area contributed by atoms with Crippen molar-refractivity contribution in [3.05, 3.63) is 70.3 Å². The van der Waals surface area contributed by atoms with Gasteiger partial charge in [-0.15, -0.1) is 0 Å². The number of benzene rings is 2. The molecule has 0 amide bonds. The van der Waals surface area contributed by atoms with Crippen LogP contribution >= 0.6 is 0 Å². The van der Waals surface area contributed by atoms with Gasteiger partial charge in [-0.05, 0) is 57.6 Å². The maximum absolute atomic E-state index is 2.26. The van der Waals surface area contributed by atoms with Crippen LogP contribution in [0.4, 0.5) is 0 Å². The Morgan fingerprint density at radius 1 is 0.632 bits per heavy atom. The summed E-state index contributed by atoms with van der Waals surface area (Å²) in [4.78, 5) is 0. The van der Waals surface area contributed by atoms with Gasteiger partial charge in [0.25, 0.3) is 0 Å². The van der Waals surface area contributed by atoms with Crippen LogP contribution in [-0.2, 0) is 12.8 Å². The average Bonchev–Trinajstić information content (AvgIpc) is 2.38. The van der Waals surface area contributed by atoms with Gasteiger partial charge in [-0.25, -0.2) is 0 Å². The van der Waals surface area contributed by atoms with E-state index in [9.17, 15) is 0 Å². The highest BCUT2D eigenvalue weighted by Crippen LogP contribution is 2.19. The highest BCUT2D eigenvalue weighted by molar-refractivity contribution is 5.29. The van der Waals surface area contributed by atoms with Crippen LogP contribution in [-0.4, -0.2) is 0 Å². The molecule has 0 heterocycles. The molecule has 0 spiro atoms. The number of aryl methyl sites for hydroxylation is 5. The summed E-state index contributed by atoms with van der Waals surface area (Å²) in [7, 11) is 0. The van der Waals surface area contributed by atoms with Gasteiger partial charge in [0.05, 0.1) is 0 Å². The molecule has 1 aliphatic rings. The minimum Gasteiger partial charge on any atom is -0.0620 e. The van der Waals surface area contributed by atoms with Crippen LogP contribution in [0.25, 0.3) is 0 Å². The molecule has 0 atom stereocenters. The van der Waals surface area contributed by atoms with E-state index in [2.05, 4.69) is 63.2 Å². The lowest BCUT2D eigenvalue weighted by atomic mass is 9.92. The average molecular weight is 252 g/mol. The van der Waals surface area contributed by atoms with Crippen LogP contribution in [0.5, 0.6) is 0 Å². The predicted molar refractivity (Wildman–Crippen MR) is 83.7 cm³/mol. The third-order valence-corrected chi connectivity index (χ3v) is 3.63. The van der Waals surface area contributed by atoms with Crippen molar-refractivity contribution in [1.29, 1.82) is 0 Å². The summed E-state index contributed by atoms with van der Waals surface area (Å²) in [6.45, 7) is 6.38. The molecular weight excluding hydrogens is 228 g/mol. The van der Waals surface area contributed by atoms with Crippen molar-refractivity contribution in [2.45, 2.75) is 46.5 Å². The minimum absolute atomic E-state index is 1.30. The SMILES string of the molecule is Cc1cc(C)cc(C)c1.c1ccc2c(c1)CCCC2. The molecule has 0 saturated heterocycles. The lowest BCUT2D eigenvalue weighted by molar-refractivity contribution is 0.685. The van der Waals surface area contributed by atoms with Crippen LogP contribution in [0.3, 0.4) is 0 Å². The quantitative estimate of drug-likeness (QED) is 0.606. The molecule has 100 valence electrons. The second kappa shape index (κ2) is 6.56. The molecule has 0 aliphatic heterocycles. The Morgan fingerprint density at radius 3 is 1.37 bits per heavy atom. The second-order valence-corrected chi connectivity index (χ2v) is 5.64. The van der Waals surface area contributed by atoms with Gasteiger partial charge in [0.15, 0.2) is 0 Å². The largest absolute Gasteiger partial charge is 0.0620 e. The highest BCUT2D eigenvalue weighted by atomic mass is 14.1. The van der Waals surface area contributed by atoms with Crippen molar-refractivity contribution in [3.8, 4) is 0 Å². The number of hydrogen-bond acceptors (Lipinski definition) is 0. The molecule has 2 aromatic carbocycles. The molecule has 2 aromatic rings. The van der Waals surface area contributed by atoms with E-state index < -0.39 is 0 Å². The van der Waals surface area contributed by atoms with Crippen molar-refractivity contribution in [2.24, 2.45) is 0 Å². The van der Waals surface area contributed by atoms with Gasteiger partial charge in [-0.1, -0.05) is 59.2 Å². The molecule has 3 rings (SSSR count). The Balaban J connectivity index is 0.000000141. The van der Waals surface area contributed by atoms with Gasteiger partial charge in [-0.2, -0.15) is 0 Å². The molecule has 19 heavy (non-hydrogen) atoms. The Hall–Kier alpha value is -1.56. The normalized spacial score (nSPS) is 13.2. The molecule has 0 N–H and O–H groups in total. The lowest BCUT2D eigenvalue weighted by Crippen LogP contribution is -2.00. The summed E-state index contributed by atoms with van der Waals surface area (Å²) in [5, 5.41) is 0.